The molecular weight excluding hydrogens is 317 g/mol. The van der Waals surface area contributed by atoms with Gasteiger partial charge in [0.05, 0.1) is 15.4 Å². The van der Waals surface area contributed by atoms with E-state index in [0.717, 1.165) is 0 Å². The zero-order valence-corrected chi connectivity index (χ0v) is 12.5. The van der Waals surface area contributed by atoms with Gasteiger partial charge in [0.25, 0.3) is 5.56 Å². The average Bonchev–Trinajstić information content (AvgIpc) is 2.76. The van der Waals surface area contributed by atoms with Gasteiger partial charge in [-0.05, 0) is 19.9 Å². The summed E-state index contributed by atoms with van der Waals surface area (Å²) in [5.41, 5.74) is 0.664. The molecule has 3 rings (SSSR count). The maximum Gasteiger partial charge on any atom is 0.267 e. The lowest BCUT2D eigenvalue weighted by molar-refractivity contribution is 0.393. The van der Waals surface area contributed by atoms with Gasteiger partial charge >= 0.3 is 0 Å². The number of halogens is 2. The van der Waals surface area contributed by atoms with Crippen LogP contribution in [0, 0.1) is 13.8 Å². The Morgan fingerprint density at radius 3 is 2.62 bits per heavy atom. The lowest BCUT2D eigenvalue weighted by Crippen LogP contribution is -2.20. The van der Waals surface area contributed by atoms with E-state index in [9.17, 15) is 9.90 Å². The molecule has 8 heteroatoms. The first-order valence-corrected chi connectivity index (χ1v) is 6.69. The number of nitrogens with zero attached hydrogens (tertiary/aromatic N) is 3. The highest BCUT2D eigenvalue weighted by Crippen LogP contribution is 2.34. The highest BCUT2D eigenvalue weighted by atomic mass is 35.5. The van der Waals surface area contributed by atoms with Gasteiger partial charge in [0.1, 0.15) is 23.2 Å². The van der Waals surface area contributed by atoms with Gasteiger partial charge in [-0.25, -0.2) is 4.98 Å². The Hall–Kier alpha value is -2.05. The van der Waals surface area contributed by atoms with Crippen LogP contribution in [0.25, 0.3) is 16.6 Å². The Bertz CT molecular complexity index is 911. The largest absolute Gasteiger partial charge is 0.504 e. The Labute approximate surface area is 128 Å². The first kappa shape index (κ1) is 13.9. The second-order valence-corrected chi connectivity index (χ2v) is 5.32. The summed E-state index contributed by atoms with van der Waals surface area (Å²) in [6.07, 6.45) is 1.28. The molecule has 3 aromatic rings. The number of fused-ring (bicyclic) bond motifs is 1. The van der Waals surface area contributed by atoms with E-state index < -0.39 is 5.56 Å². The molecule has 0 saturated heterocycles. The quantitative estimate of drug-likeness (QED) is 0.743. The monoisotopic (exact) mass is 325 g/mol. The molecule has 0 bridgehead atoms. The number of rotatable bonds is 1. The molecular formula is C13H9Cl2N3O3. The molecule has 0 fully saturated rings. The van der Waals surface area contributed by atoms with E-state index in [-0.39, 0.29) is 26.7 Å². The molecule has 1 aromatic carbocycles. The third kappa shape index (κ3) is 1.99. The van der Waals surface area contributed by atoms with E-state index in [1.165, 1.54) is 17.0 Å². The minimum Gasteiger partial charge on any atom is -0.504 e. The lowest BCUT2D eigenvalue weighted by atomic mass is 10.2. The fourth-order valence-corrected chi connectivity index (χ4v) is 2.73. The predicted octanol–water partition coefficient (Wildman–Crippen LogP) is 3.00. The van der Waals surface area contributed by atoms with Gasteiger partial charge in [-0.15, -0.1) is 0 Å². The van der Waals surface area contributed by atoms with Gasteiger partial charge in [0.2, 0.25) is 0 Å². The summed E-state index contributed by atoms with van der Waals surface area (Å²) in [4.78, 5) is 16.7. The molecule has 0 amide bonds. The second-order valence-electron chi connectivity index (χ2n) is 4.50. The number of benzene rings is 1. The number of hydrogen-bond acceptors (Lipinski definition) is 5. The van der Waals surface area contributed by atoms with E-state index in [4.69, 9.17) is 27.7 Å². The Morgan fingerprint density at radius 2 is 2.00 bits per heavy atom. The zero-order valence-electron chi connectivity index (χ0n) is 11.0. The fourth-order valence-electron chi connectivity index (χ4n) is 2.20. The molecule has 0 saturated carbocycles. The van der Waals surface area contributed by atoms with Crippen LogP contribution in [0.15, 0.2) is 21.7 Å². The third-order valence-corrected chi connectivity index (χ3v) is 3.74. The van der Waals surface area contributed by atoms with Crippen molar-refractivity contribution < 1.29 is 9.63 Å². The van der Waals surface area contributed by atoms with Crippen LogP contribution in [0.3, 0.4) is 0 Å². The molecule has 0 aliphatic carbocycles. The zero-order chi connectivity index (χ0) is 15.3. The average molecular weight is 326 g/mol. The maximum atomic E-state index is 12.6. The topological polar surface area (TPSA) is 81.2 Å². The normalized spacial score (nSPS) is 11.2. The predicted molar refractivity (Wildman–Crippen MR) is 78.6 cm³/mol. The molecule has 108 valence electrons. The summed E-state index contributed by atoms with van der Waals surface area (Å²) >= 11 is 11.9. The highest BCUT2D eigenvalue weighted by molar-refractivity contribution is 6.39. The minimum absolute atomic E-state index is 0.0366. The van der Waals surface area contributed by atoms with Crippen molar-refractivity contribution in [3.8, 4) is 11.4 Å². The molecule has 6 nitrogen and oxygen atoms in total. The van der Waals surface area contributed by atoms with Crippen LogP contribution in [0.1, 0.15) is 11.5 Å². The molecule has 0 aliphatic rings. The van der Waals surface area contributed by atoms with Crippen molar-refractivity contribution in [3.63, 3.8) is 0 Å². The Morgan fingerprint density at radius 1 is 1.29 bits per heavy atom. The molecule has 2 aromatic heterocycles. The Kier molecular flexibility index (Phi) is 3.15. The first-order valence-electron chi connectivity index (χ1n) is 5.93. The molecule has 0 aliphatic heterocycles. The summed E-state index contributed by atoms with van der Waals surface area (Å²) < 4.78 is 6.33. The van der Waals surface area contributed by atoms with Crippen molar-refractivity contribution in [2.75, 3.05) is 0 Å². The molecule has 0 spiro atoms. The number of aromatic hydroxyl groups is 1. The first-order chi connectivity index (χ1) is 9.91. The van der Waals surface area contributed by atoms with Gasteiger partial charge in [-0.3, -0.25) is 9.36 Å². The molecule has 21 heavy (non-hydrogen) atoms. The van der Waals surface area contributed by atoms with Crippen LogP contribution < -0.4 is 5.56 Å². The van der Waals surface area contributed by atoms with Crippen LogP contribution in [-0.2, 0) is 0 Å². The van der Waals surface area contributed by atoms with Crippen molar-refractivity contribution in [1.29, 1.82) is 0 Å². The van der Waals surface area contributed by atoms with E-state index >= 15 is 0 Å². The fraction of sp³-hybridized carbons (Fsp3) is 0.154. The van der Waals surface area contributed by atoms with Crippen molar-refractivity contribution in [3.05, 3.63) is 44.2 Å². The smallest absolute Gasteiger partial charge is 0.267 e. The van der Waals surface area contributed by atoms with Crippen molar-refractivity contribution in [2.45, 2.75) is 13.8 Å². The number of phenols is 1. The molecule has 1 N–H and O–H groups in total. The number of aryl methyl sites for hydroxylation is 2. The van der Waals surface area contributed by atoms with Gasteiger partial charge in [-0.1, -0.05) is 28.4 Å². The second kappa shape index (κ2) is 4.75. The molecule has 2 heterocycles. The standard InChI is InChI=1S/C13H9Cl2N3O3/c1-5-11(6(2)21-17-5)18-4-16-10-9(13(18)20)7(14)3-8(15)12(10)19/h3-4,19H,1-2H3. The van der Waals surface area contributed by atoms with Crippen molar-refractivity contribution >= 4 is 34.1 Å². The van der Waals surface area contributed by atoms with Crippen LogP contribution in [-0.4, -0.2) is 19.8 Å². The highest BCUT2D eigenvalue weighted by Gasteiger charge is 2.19. The summed E-state index contributed by atoms with van der Waals surface area (Å²) in [6, 6.07) is 1.31. The number of hydrogen-bond donors (Lipinski definition) is 1. The van der Waals surface area contributed by atoms with E-state index in [1.54, 1.807) is 13.8 Å². The summed E-state index contributed by atoms with van der Waals surface area (Å²) in [5, 5.41) is 13.9. The molecule has 0 unspecified atom stereocenters. The van der Waals surface area contributed by atoms with E-state index in [0.29, 0.717) is 17.1 Å². The summed E-state index contributed by atoms with van der Waals surface area (Å²) in [5.74, 6) is 0.198. The third-order valence-electron chi connectivity index (χ3n) is 3.15. The van der Waals surface area contributed by atoms with E-state index in [2.05, 4.69) is 10.1 Å². The Balaban J connectivity index is 2.45. The molecule has 0 radical (unpaired) electrons. The van der Waals surface area contributed by atoms with Gasteiger partial charge in [0, 0.05) is 0 Å². The van der Waals surface area contributed by atoms with Crippen LogP contribution in [0.4, 0.5) is 0 Å². The maximum absolute atomic E-state index is 12.6. The number of aromatic nitrogens is 3. The lowest BCUT2D eigenvalue weighted by Gasteiger charge is -2.08. The van der Waals surface area contributed by atoms with Crippen LogP contribution in [0.5, 0.6) is 5.75 Å². The van der Waals surface area contributed by atoms with Gasteiger partial charge in [0.15, 0.2) is 11.5 Å². The summed E-state index contributed by atoms with van der Waals surface area (Å²) in [6.45, 7) is 3.40. The minimum atomic E-state index is -0.439. The SMILES string of the molecule is Cc1noc(C)c1-n1cnc2c(O)c(Cl)cc(Cl)c2c1=O. The molecule has 0 atom stereocenters. The van der Waals surface area contributed by atoms with Crippen molar-refractivity contribution in [1.82, 2.24) is 14.7 Å². The number of phenolic OH excluding ortho intramolecular Hbond substituents is 1. The van der Waals surface area contributed by atoms with Gasteiger partial charge < -0.3 is 9.63 Å². The van der Waals surface area contributed by atoms with Gasteiger partial charge in [-0.2, -0.15) is 0 Å². The summed E-state index contributed by atoms with van der Waals surface area (Å²) in [7, 11) is 0. The van der Waals surface area contributed by atoms with E-state index in [1.807, 2.05) is 0 Å². The van der Waals surface area contributed by atoms with Crippen LogP contribution >= 0.6 is 23.2 Å². The van der Waals surface area contributed by atoms with Crippen molar-refractivity contribution in [2.24, 2.45) is 0 Å². The van der Waals surface area contributed by atoms with Crippen LogP contribution in [0.2, 0.25) is 10.0 Å².